The topological polar surface area (TPSA) is 47.9 Å². The van der Waals surface area contributed by atoms with Gasteiger partial charge in [-0.3, -0.25) is 9.79 Å². The lowest BCUT2D eigenvalue weighted by atomic mass is 9.97. The molecule has 2 aromatic rings. The Bertz CT molecular complexity index is 680. The molecule has 0 unspecified atom stereocenters. The van der Waals surface area contributed by atoms with Crippen molar-refractivity contribution < 1.29 is 14.3 Å². The number of benzene rings is 2. The molecule has 0 atom stereocenters. The Kier molecular flexibility index (Phi) is 5.16. The number of methoxy groups -OCH3 is 1. The molecule has 0 aromatic heterocycles. The molecule has 0 saturated heterocycles. The van der Waals surface area contributed by atoms with E-state index in [2.05, 4.69) is 4.99 Å². The predicted octanol–water partition coefficient (Wildman–Crippen LogP) is 4.40. The number of hydrogen-bond donors (Lipinski definition) is 0. The van der Waals surface area contributed by atoms with Gasteiger partial charge in [-0.1, -0.05) is 0 Å². The van der Waals surface area contributed by atoms with Crippen molar-refractivity contribution in [2.45, 2.75) is 20.8 Å². The number of aliphatic imine (C=N–C) groups is 1. The van der Waals surface area contributed by atoms with Gasteiger partial charge in [-0.05, 0) is 74.9 Å². The van der Waals surface area contributed by atoms with Crippen LogP contribution in [0.15, 0.2) is 53.5 Å². The zero-order valence-electron chi connectivity index (χ0n) is 13.9. The van der Waals surface area contributed by atoms with Gasteiger partial charge in [0.05, 0.1) is 18.2 Å². The highest BCUT2D eigenvalue weighted by atomic mass is 16.5. The molecule has 0 spiro atoms. The fraction of sp³-hybridized carbons (Fsp3) is 0.263. The SMILES string of the molecule is COc1ccc(/C=N/c2ccc(OC(=O)C(C)(C)C)cc2)cc1. The first kappa shape index (κ1) is 16.7. The molecule has 120 valence electrons. The van der Waals surface area contributed by atoms with Gasteiger partial charge in [-0.2, -0.15) is 0 Å². The minimum atomic E-state index is -0.523. The molecule has 4 nitrogen and oxygen atoms in total. The highest BCUT2D eigenvalue weighted by Crippen LogP contribution is 2.22. The Balaban J connectivity index is 2.01. The lowest BCUT2D eigenvalue weighted by molar-refractivity contribution is -0.142. The van der Waals surface area contributed by atoms with E-state index in [9.17, 15) is 4.79 Å². The lowest BCUT2D eigenvalue weighted by Crippen LogP contribution is -2.25. The van der Waals surface area contributed by atoms with Gasteiger partial charge in [0, 0.05) is 6.21 Å². The van der Waals surface area contributed by atoms with Crippen LogP contribution in [0.1, 0.15) is 26.3 Å². The first-order valence-corrected chi connectivity index (χ1v) is 7.39. The summed E-state index contributed by atoms with van der Waals surface area (Å²) in [5.41, 5.74) is 1.25. The lowest BCUT2D eigenvalue weighted by Gasteiger charge is -2.16. The molecule has 0 amide bonds. The number of carbonyl (C=O) groups is 1. The molecule has 2 rings (SSSR count). The Morgan fingerprint density at radius 1 is 0.957 bits per heavy atom. The summed E-state index contributed by atoms with van der Waals surface area (Å²) in [7, 11) is 1.64. The van der Waals surface area contributed by atoms with Crippen molar-refractivity contribution in [3.63, 3.8) is 0 Å². The fourth-order valence-electron chi connectivity index (χ4n) is 1.70. The second kappa shape index (κ2) is 7.09. The van der Waals surface area contributed by atoms with Gasteiger partial charge in [0.2, 0.25) is 0 Å². The summed E-state index contributed by atoms with van der Waals surface area (Å²) in [4.78, 5) is 16.2. The van der Waals surface area contributed by atoms with Crippen molar-refractivity contribution in [2.75, 3.05) is 7.11 Å². The van der Waals surface area contributed by atoms with Crippen molar-refractivity contribution in [1.29, 1.82) is 0 Å². The van der Waals surface area contributed by atoms with E-state index in [1.807, 2.05) is 57.2 Å². The molecule has 0 saturated carbocycles. The summed E-state index contributed by atoms with van der Waals surface area (Å²) >= 11 is 0. The average Bonchev–Trinajstić information content (AvgIpc) is 2.54. The van der Waals surface area contributed by atoms with Crippen molar-refractivity contribution in [1.82, 2.24) is 0 Å². The summed E-state index contributed by atoms with van der Waals surface area (Å²) in [5.74, 6) is 1.08. The molecular formula is C19H21NO3. The third-order valence-electron chi connectivity index (χ3n) is 3.14. The van der Waals surface area contributed by atoms with Gasteiger partial charge in [0.25, 0.3) is 0 Å². The summed E-state index contributed by atoms with van der Waals surface area (Å²) in [6.07, 6.45) is 1.77. The van der Waals surface area contributed by atoms with Gasteiger partial charge < -0.3 is 9.47 Å². The average molecular weight is 311 g/mol. The third-order valence-corrected chi connectivity index (χ3v) is 3.14. The molecule has 0 bridgehead atoms. The number of ether oxygens (including phenoxy) is 2. The number of rotatable bonds is 4. The van der Waals surface area contributed by atoms with Crippen LogP contribution in [0.25, 0.3) is 0 Å². The van der Waals surface area contributed by atoms with Crippen LogP contribution >= 0.6 is 0 Å². The molecule has 0 heterocycles. The quantitative estimate of drug-likeness (QED) is 0.478. The van der Waals surface area contributed by atoms with Crippen LogP contribution in [0, 0.1) is 5.41 Å². The van der Waals surface area contributed by atoms with E-state index < -0.39 is 5.41 Å². The van der Waals surface area contributed by atoms with Crippen molar-refractivity contribution in [3.05, 3.63) is 54.1 Å². The Hall–Kier alpha value is -2.62. The van der Waals surface area contributed by atoms with Crippen molar-refractivity contribution >= 4 is 17.9 Å². The number of hydrogen-bond acceptors (Lipinski definition) is 4. The minimum Gasteiger partial charge on any atom is -0.497 e. The summed E-state index contributed by atoms with van der Waals surface area (Å²) in [5, 5.41) is 0. The molecule has 0 fully saturated rings. The van der Waals surface area contributed by atoms with E-state index >= 15 is 0 Å². The second-order valence-corrected chi connectivity index (χ2v) is 6.16. The van der Waals surface area contributed by atoms with Gasteiger partial charge in [0.15, 0.2) is 0 Å². The first-order valence-electron chi connectivity index (χ1n) is 7.39. The van der Waals surface area contributed by atoms with Crippen LogP contribution in [0.2, 0.25) is 0 Å². The second-order valence-electron chi connectivity index (χ2n) is 6.16. The Morgan fingerprint density at radius 3 is 2.04 bits per heavy atom. The van der Waals surface area contributed by atoms with E-state index in [1.165, 1.54) is 0 Å². The van der Waals surface area contributed by atoms with Crippen LogP contribution in [0.4, 0.5) is 5.69 Å². The van der Waals surface area contributed by atoms with Crippen LogP contribution in [-0.2, 0) is 4.79 Å². The standard InChI is InChI=1S/C19H21NO3/c1-19(2,3)18(21)23-17-11-7-15(8-12-17)20-13-14-5-9-16(22-4)10-6-14/h5-13H,1-4H3/b20-13+. The van der Waals surface area contributed by atoms with E-state index in [0.717, 1.165) is 17.0 Å². The molecule has 0 aliphatic heterocycles. The molecule has 4 heteroatoms. The summed E-state index contributed by atoms with van der Waals surface area (Å²) < 4.78 is 10.4. The van der Waals surface area contributed by atoms with Crippen LogP contribution in [0.5, 0.6) is 11.5 Å². The zero-order valence-corrected chi connectivity index (χ0v) is 13.9. The maximum atomic E-state index is 11.8. The minimum absolute atomic E-state index is 0.257. The number of carbonyl (C=O) groups excluding carboxylic acids is 1. The predicted molar refractivity (Wildman–Crippen MR) is 91.8 cm³/mol. The Labute approximate surface area is 136 Å². The van der Waals surface area contributed by atoms with E-state index in [1.54, 1.807) is 25.5 Å². The van der Waals surface area contributed by atoms with E-state index in [4.69, 9.17) is 9.47 Å². The van der Waals surface area contributed by atoms with E-state index in [-0.39, 0.29) is 5.97 Å². The smallest absolute Gasteiger partial charge is 0.316 e. The van der Waals surface area contributed by atoms with Crippen LogP contribution in [0.3, 0.4) is 0 Å². The molecular weight excluding hydrogens is 290 g/mol. The fourth-order valence-corrected chi connectivity index (χ4v) is 1.70. The van der Waals surface area contributed by atoms with Gasteiger partial charge in [-0.25, -0.2) is 0 Å². The van der Waals surface area contributed by atoms with Gasteiger partial charge >= 0.3 is 5.97 Å². The first-order chi connectivity index (χ1) is 10.9. The van der Waals surface area contributed by atoms with Gasteiger partial charge in [-0.15, -0.1) is 0 Å². The normalized spacial score (nSPS) is 11.5. The molecule has 23 heavy (non-hydrogen) atoms. The number of esters is 1. The molecule has 0 radical (unpaired) electrons. The van der Waals surface area contributed by atoms with Crippen molar-refractivity contribution in [3.8, 4) is 11.5 Å². The summed E-state index contributed by atoms with van der Waals surface area (Å²) in [6.45, 7) is 5.47. The van der Waals surface area contributed by atoms with Crippen LogP contribution in [-0.4, -0.2) is 19.3 Å². The monoisotopic (exact) mass is 311 g/mol. The molecule has 0 aliphatic carbocycles. The molecule has 2 aromatic carbocycles. The van der Waals surface area contributed by atoms with E-state index in [0.29, 0.717) is 5.75 Å². The maximum Gasteiger partial charge on any atom is 0.316 e. The highest BCUT2D eigenvalue weighted by molar-refractivity contribution is 5.82. The van der Waals surface area contributed by atoms with Gasteiger partial charge in [0.1, 0.15) is 11.5 Å². The molecule has 0 aliphatic rings. The molecule has 0 N–H and O–H groups in total. The van der Waals surface area contributed by atoms with Crippen LogP contribution < -0.4 is 9.47 Å². The largest absolute Gasteiger partial charge is 0.497 e. The maximum absolute atomic E-state index is 11.8. The highest BCUT2D eigenvalue weighted by Gasteiger charge is 2.23. The number of nitrogens with zero attached hydrogens (tertiary/aromatic N) is 1. The summed E-state index contributed by atoms with van der Waals surface area (Å²) in [6, 6.07) is 14.7. The van der Waals surface area contributed by atoms with Crippen molar-refractivity contribution in [2.24, 2.45) is 10.4 Å². The Morgan fingerprint density at radius 2 is 1.52 bits per heavy atom. The third kappa shape index (κ3) is 4.95. The zero-order chi connectivity index (χ0) is 16.9.